The van der Waals surface area contributed by atoms with Gasteiger partial charge in [-0.3, -0.25) is 4.79 Å². The van der Waals surface area contributed by atoms with Crippen LogP contribution in [0.2, 0.25) is 0 Å². The van der Waals surface area contributed by atoms with E-state index in [1.54, 1.807) is 13.8 Å². The zero-order chi connectivity index (χ0) is 12.3. The van der Waals surface area contributed by atoms with E-state index in [4.69, 9.17) is 4.74 Å². The molecule has 0 bridgehead atoms. The molecule has 16 heavy (non-hydrogen) atoms. The molecule has 1 rings (SSSR count). The van der Waals surface area contributed by atoms with Crippen LogP contribution >= 0.6 is 0 Å². The van der Waals surface area contributed by atoms with Crippen LogP contribution in [0.25, 0.3) is 0 Å². The Kier molecular flexibility index (Phi) is 3.71. The van der Waals surface area contributed by atoms with Crippen molar-refractivity contribution in [1.82, 2.24) is 4.73 Å². The summed E-state index contributed by atoms with van der Waals surface area (Å²) in [5.74, 6) is -0.704. The number of aryl methyl sites for hydroxylation is 1. The summed E-state index contributed by atoms with van der Waals surface area (Å²) in [6.07, 6.45) is 0.624. The Balaban J connectivity index is 3.36. The summed E-state index contributed by atoms with van der Waals surface area (Å²) in [5, 5.41) is 9.51. The first-order valence-electron chi connectivity index (χ1n) is 5.14. The third kappa shape index (κ3) is 2.08. The number of rotatable bonds is 3. The number of aromatic nitrogens is 1. The van der Waals surface area contributed by atoms with Gasteiger partial charge in [-0.2, -0.15) is 4.73 Å². The van der Waals surface area contributed by atoms with Crippen LogP contribution in [0.4, 0.5) is 0 Å². The molecule has 0 aliphatic rings. The van der Waals surface area contributed by atoms with Crippen LogP contribution in [0.15, 0.2) is 10.9 Å². The molecule has 0 spiro atoms. The van der Waals surface area contributed by atoms with E-state index in [9.17, 15) is 14.8 Å². The number of hydrogen-bond acceptors (Lipinski definition) is 4. The molecule has 1 aromatic heterocycles. The quantitative estimate of drug-likeness (QED) is 0.618. The first-order valence-corrected chi connectivity index (χ1v) is 5.14. The maximum absolute atomic E-state index is 11.6. The molecular weight excluding hydrogens is 210 g/mol. The van der Waals surface area contributed by atoms with Gasteiger partial charge < -0.3 is 9.94 Å². The second-order valence-corrected chi connectivity index (χ2v) is 3.36. The molecule has 1 aromatic rings. The minimum Gasteiger partial charge on any atom is -0.462 e. The van der Waals surface area contributed by atoms with Gasteiger partial charge in [0.05, 0.1) is 12.3 Å². The second kappa shape index (κ2) is 4.83. The van der Waals surface area contributed by atoms with Crippen LogP contribution < -0.4 is 5.56 Å². The first-order chi connectivity index (χ1) is 7.52. The summed E-state index contributed by atoms with van der Waals surface area (Å²) in [6, 6.07) is 1.47. The molecule has 0 radical (unpaired) electrons. The molecule has 0 unspecified atom stereocenters. The van der Waals surface area contributed by atoms with E-state index in [2.05, 4.69) is 0 Å². The van der Waals surface area contributed by atoms with Crippen molar-refractivity contribution in [3.63, 3.8) is 0 Å². The molecular formula is C11H15NO4. The van der Waals surface area contributed by atoms with Gasteiger partial charge in [0.25, 0.3) is 5.56 Å². The van der Waals surface area contributed by atoms with E-state index < -0.39 is 11.5 Å². The molecule has 1 N–H and O–H groups in total. The Bertz CT molecular complexity index is 462. The Morgan fingerprint density at radius 1 is 1.50 bits per heavy atom. The van der Waals surface area contributed by atoms with Crippen molar-refractivity contribution in [3.8, 4) is 0 Å². The fourth-order valence-corrected chi connectivity index (χ4v) is 1.46. The highest BCUT2D eigenvalue weighted by atomic mass is 16.5. The highest BCUT2D eigenvalue weighted by Crippen LogP contribution is 2.08. The van der Waals surface area contributed by atoms with Gasteiger partial charge in [0.1, 0.15) is 5.56 Å². The summed E-state index contributed by atoms with van der Waals surface area (Å²) in [5.41, 5.74) is 0.311. The zero-order valence-corrected chi connectivity index (χ0v) is 9.61. The molecule has 0 aliphatic carbocycles. The van der Waals surface area contributed by atoms with Crippen molar-refractivity contribution in [2.45, 2.75) is 27.2 Å². The van der Waals surface area contributed by atoms with Crippen molar-refractivity contribution < 1.29 is 14.7 Å². The summed E-state index contributed by atoms with van der Waals surface area (Å²) >= 11 is 0. The first kappa shape index (κ1) is 12.3. The smallest absolute Gasteiger partial charge is 0.343 e. The molecule has 5 heteroatoms. The van der Waals surface area contributed by atoms with Gasteiger partial charge in [-0.05, 0) is 31.9 Å². The predicted octanol–water partition coefficient (Wildman–Crippen LogP) is 1.13. The lowest BCUT2D eigenvalue weighted by Gasteiger charge is -2.09. The summed E-state index contributed by atoms with van der Waals surface area (Å²) in [4.78, 5) is 23.0. The number of pyridine rings is 1. The van der Waals surface area contributed by atoms with Crippen molar-refractivity contribution in [2.75, 3.05) is 6.61 Å². The number of nitrogens with zero attached hydrogens (tertiary/aromatic N) is 1. The van der Waals surface area contributed by atoms with Gasteiger partial charge >= 0.3 is 5.97 Å². The average molecular weight is 225 g/mol. The van der Waals surface area contributed by atoms with E-state index in [1.807, 2.05) is 6.92 Å². The van der Waals surface area contributed by atoms with Crippen LogP contribution in [0, 0.1) is 6.92 Å². The molecule has 5 nitrogen and oxygen atoms in total. The SMILES string of the molecule is CCOC(=O)c1cc(CC)c(C)n(O)c1=O. The van der Waals surface area contributed by atoms with Gasteiger partial charge in [-0.1, -0.05) is 6.92 Å². The third-order valence-electron chi connectivity index (χ3n) is 2.40. The minimum absolute atomic E-state index is 0.133. The number of carbonyl (C=O) groups excluding carboxylic acids is 1. The molecule has 88 valence electrons. The van der Waals surface area contributed by atoms with E-state index in [0.717, 1.165) is 5.56 Å². The minimum atomic E-state index is -0.742. The third-order valence-corrected chi connectivity index (χ3v) is 2.40. The van der Waals surface area contributed by atoms with Crippen LogP contribution in [-0.2, 0) is 11.2 Å². The maximum atomic E-state index is 11.6. The molecule has 0 amide bonds. The number of ether oxygens (including phenoxy) is 1. The lowest BCUT2D eigenvalue weighted by Crippen LogP contribution is -2.28. The number of hydrogen-bond donors (Lipinski definition) is 1. The van der Waals surface area contributed by atoms with Crippen molar-refractivity contribution in [3.05, 3.63) is 33.2 Å². The summed E-state index contributed by atoms with van der Waals surface area (Å²) < 4.78 is 5.23. The average Bonchev–Trinajstić information content (AvgIpc) is 2.27. The Morgan fingerprint density at radius 3 is 2.62 bits per heavy atom. The highest BCUT2D eigenvalue weighted by molar-refractivity contribution is 5.89. The topological polar surface area (TPSA) is 68.5 Å². The molecule has 0 fully saturated rings. The van der Waals surface area contributed by atoms with Gasteiger partial charge in [-0.15, -0.1) is 0 Å². The lowest BCUT2D eigenvalue weighted by atomic mass is 10.1. The van der Waals surface area contributed by atoms with E-state index in [0.29, 0.717) is 16.8 Å². The van der Waals surface area contributed by atoms with Crippen LogP contribution in [0.1, 0.15) is 35.5 Å². The zero-order valence-electron chi connectivity index (χ0n) is 9.61. The number of carbonyl (C=O) groups is 1. The Hall–Kier alpha value is -1.78. The normalized spacial score (nSPS) is 10.2. The van der Waals surface area contributed by atoms with Gasteiger partial charge in [-0.25, -0.2) is 4.79 Å². The Labute approximate surface area is 93.2 Å². The van der Waals surface area contributed by atoms with Gasteiger partial charge in [0, 0.05) is 0 Å². The van der Waals surface area contributed by atoms with Gasteiger partial charge in [0.15, 0.2) is 0 Å². The second-order valence-electron chi connectivity index (χ2n) is 3.36. The van der Waals surface area contributed by atoms with Crippen molar-refractivity contribution in [1.29, 1.82) is 0 Å². The van der Waals surface area contributed by atoms with Crippen molar-refractivity contribution >= 4 is 5.97 Å². The summed E-state index contributed by atoms with van der Waals surface area (Å²) in [7, 11) is 0. The van der Waals surface area contributed by atoms with E-state index >= 15 is 0 Å². The molecule has 0 aliphatic heterocycles. The molecule has 0 saturated heterocycles. The lowest BCUT2D eigenvalue weighted by molar-refractivity contribution is 0.0517. The van der Waals surface area contributed by atoms with Crippen LogP contribution in [0.3, 0.4) is 0 Å². The maximum Gasteiger partial charge on any atom is 0.343 e. The van der Waals surface area contributed by atoms with Gasteiger partial charge in [0.2, 0.25) is 0 Å². The molecule has 0 atom stereocenters. The van der Waals surface area contributed by atoms with Crippen molar-refractivity contribution in [2.24, 2.45) is 0 Å². The monoisotopic (exact) mass is 225 g/mol. The van der Waals surface area contributed by atoms with E-state index in [1.165, 1.54) is 6.07 Å². The standard InChI is InChI=1S/C11H15NO4/c1-4-8-6-9(11(14)16-5-2)10(13)12(15)7(8)3/h6,15H,4-5H2,1-3H3. The fraction of sp³-hybridized carbons (Fsp3) is 0.455. The van der Waals surface area contributed by atoms with E-state index in [-0.39, 0.29) is 12.2 Å². The fourth-order valence-electron chi connectivity index (χ4n) is 1.46. The summed E-state index contributed by atoms with van der Waals surface area (Å²) in [6.45, 7) is 5.35. The Morgan fingerprint density at radius 2 is 2.12 bits per heavy atom. The molecule has 0 aromatic carbocycles. The van der Waals surface area contributed by atoms with Crippen LogP contribution in [0.5, 0.6) is 0 Å². The number of esters is 1. The highest BCUT2D eigenvalue weighted by Gasteiger charge is 2.17. The molecule has 0 saturated carbocycles. The largest absolute Gasteiger partial charge is 0.462 e. The van der Waals surface area contributed by atoms with Crippen LogP contribution in [-0.4, -0.2) is 22.5 Å². The molecule has 1 heterocycles. The predicted molar refractivity (Wildman–Crippen MR) is 58.0 cm³/mol.